The standard InChI is InChI=1S/C17H19NOS2/c19-21(18-11-4-13-20-14-12-18)17-9-7-16(8-10-17)15-5-2-1-3-6-15/h1-3,5-10H,4,11-14H2. The van der Waals surface area contributed by atoms with E-state index in [-0.39, 0.29) is 0 Å². The van der Waals surface area contributed by atoms with Gasteiger partial charge >= 0.3 is 0 Å². The quantitative estimate of drug-likeness (QED) is 0.858. The van der Waals surface area contributed by atoms with E-state index in [0.29, 0.717) is 0 Å². The molecule has 0 radical (unpaired) electrons. The van der Waals surface area contributed by atoms with E-state index in [1.54, 1.807) is 0 Å². The van der Waals surface area contributed by atoms with Gasteiger partial charge in [-0.25, -0.2) is 8.51 Å². The minimum atomic E-state index is -1.03. The summed E-state index contributed by atoms with van der Waals surface area (Å²) in [6, 6.07) is 18.4. The third-order valence-corrected chi connectivity index (χ3v) is 6.14. The van der Waals surface area contributed by atoms with Crippen LogP contribution >= 0.6 is 11.8 Å². The van der Waals surface area contributed by atoms with Gasteiger partial charge in [0.2, 0.25) is 0 Å². The van der Waals surface area contributed by atoms with Crippen LogP contribution in [-0.2, 0) is 11.0 Å². The van der Waals surface area contributed by atoms with Crippen molar-refractivity contribution in [3.05, 3.63) is 54.6 Å². The zero-order valence-electron chi connectivity index (χ0n) is 11.9. The lowest BCUT2D eigenvalue weighted by atomic mass is 10.1. The lowest BCUT2D eigenvalue weighted by molar-refractivity contribution is 0.475. The highest BCUT2D eigenvalue weighted by atomic mass is 32.2. The Hall–Kier alpha value is -1.10. The van der Waals surface area contributed by atoms with Crippen molar-refractivity contribution >= 4 is 22.7 Å². The molecule has 0 spiro atoms. The highest BCUT2D eigenvalue weighted by molar-refractivity contribution is 7.99. The summed E-state index contributed by atoms with van der Waals surface area (Å²) in [5.74, 6) is 2.26. The Morgan fingerprint density at radius 2 is 1.57 bits per heavy atom. The number of hydrogen-bond donors (Lipinski definition) is 0. The third kappa shape index (κ3) is 3.76. The molecule has 2 aromatic carbocycles. The van der Waals surface area contributed by atoms with Gasteiger partial charge in [-0.05, 0) is 35.4 Å². The fraction of sp³-hybridized carbons (Fsp3) is 0.294. The SMILES string of the molecule is O=S(c1ccc(-c2ccccc2)cc1)N1CCCSCC1. The van der Waals surface area contributed by atoms with Gasteiger partial charge in [-0.1, -0.05) is 42.5 Å². The predicted octanol–water partition coefficient (Wildman–Crippen LogP) is 3.82. The molecule has 0 bridgehead atoms. The van der Waals surface area contributed by atoms with Gasteiger partial charge < -0.3 is 0 Å². The Bertz CT molecular complexity index is 590. The van der Waals surface area contributed by atoms with Crippen molar-refractivity contribution in [3.63, 3.8) is 0 Å². The summed E-state index contributed by atoms with van der Waals surface area (Å²) in [6.07, 6.45) is 1.12. The molecular weight excluding hydrogens is 298 g/mol. The Labute approximate surface area is 133 Å². The molecule has 1 heterocycles. The van der Waals surface area contributed by atoms with E-state index >= 15 is 0 Å². The van der Waals surface area contributed by atoms with Crippen molar-refractivity contribution in [1.82, 2.24) is 4.31 Å². The van der Waals surface area contributed by atoms with Gasteiger partial charge in [0.05, 0.1) is 4.90 Å². The maximum atomic E-state index is 12.6. The van der Waals surface area contributed by atoms with Crippen LogP contribution in [0.1, 0.15) is 6.42 Å². The number of hydrogen-bond acceptors (Lipinski definition) is 2. The molecule has 110 valence electrons. The first kappa shape index (κ1) is 14.8. The summed E-state index contributed by atoms with van der Waals surface area (Å²) in [4.78, 5) is 0.904. The van der Waals surface area contributed by atoms with E-state index in [1.165, 1.54) is 16.9 Å². The second-order valence-electron chi connectivity index (χ2n) is 5.03. The van der Waals surface area contributed by atoms with Crippen molar-refractivity contribution in [1.29, 1.82) is 0 Å². The van der Waals surface area contributed by atoms with E-state index in [1.807, 2.05) is 42.1 Å². The fourth-order valence-corrected chi connectivity index (χ4v) is 4.65. The maximum Gasteiger partial charge on any atom is 0.127 e. The van der Waals surface area contributed by atoms with Crippen molar-refractivity contribution in [3.8, 4) is 11.1 Å². The molecule has 1 atom stereocenters. The van der Waals surface area contributed by atoms with Crippen LogP contribution < -0.4 is 0 Å². The predicted molar refractivity (Wildman–Crippen MR) is 91.8 cm³/mol. The van der Waals surface area contributed by atoms with Crippen molar-refractivity contribution in [2.24, 2.45) is 0 Å². The smallest absolute Gasteiger partial charge is 0.127 e. The second-order valence-corrected chi connectivity index (χ2v) is 7.75. The molecule has 1 fully saturated rings. The number of rotatable bonds is 3. The first-order valence-corrected chi connectivity index (χ1v) is 9.51. The molecule has 2 nitrogen and oxygen atoms in total. The molecular formula is C17H19NOS2. The van der Waals surface area contributed by atoms with Gasteiger partial charge in [-0.3, -0.25) is 0 Å². The summed E-state index contributed by atoms with van der Waals surface area (Å²) in [5.41, 5.74) is 2.36. The van der Waals surface area contributed by atoms with Crippen LogP contribution in [0.5, 0.6) is 0 Å². The lowest BCUT2D eigenvalue weighted by Crippen LogP contribution is -2.28. The van der Waals surface area contributed by atoms with Gasteiger partial charge in [0, 0.05) is 18.8 Å². The van der Waals surface area contributed by atoms with Crippen LogP contribution in [0.4, 0.5) is 0 Å². The van der Waals surface area contributed by atoms with Crippen LogP contribution in [0, 0.1) is 0 Å². The summed E-state index contributed by atoms with van der Waals surface area (Å²) < 4.78 is 14.7. The first-order chi connectivity index (χ1) is 10.3. The highest BCUT2D eigenvalue weighted by Crippen LogP contribution is 2.22. The van der Waals surface area contributed by atoms with Crippen molar-refractivity contribution in [2.45, 2.75) is 11.3 Å². The van der Waals surface area contributed by atoms with Crippen LogP contribution in [0.25, 0.3) is 11.1 Å². The van der Waals surface area contributed by atoms with E-state index in [4.69, 9.17) is 0 Å². The Morgan fingerprint density at radius 3 is 2.33 bits per heavy atom. The zero-order valence-corrected chi connectivity index (χ0v) is 13.5. The number of thioether (sulfide) groups is 1. The lowest BCUT2D eigenvalue weighted by Gasteiger charge is -2.18. The van der Waals surface area contributed by atoms with E-state index in [0.717, 1.165) is 30.2 Å². The van der Waals surface area contributed by atoms with Gasteiger partial charge in [-0.2, -0.15) is 11.8 Å². The van der Waals surface area contributed by atoms with Crippen molar-refractivity contribution in [2.75, 3.05) is 24.6 Å². The van der Waals surface area contributed by atoms with Crippen LogP contribution in [0.2, 0.25) is 0 Å². The topological polar surface area (TPSA) is 20.3 Å². The Kier molecular flexibility index (Phi) is 5.12. The average molecular weight is 317 g/mol. The maximum absolute atomic E-state index is 12.6. The Balaban J connectivity index is 1.76. The second kappa shape index (κ2) is 7.25. The largest absolute Gasteiger partial charge is 0.237 e. The molecule has 0 N–H and O–H groups in total. The normalized spacial score (nSPS) is 18.1. The molecule has 1 saturated heterocycles. The molecule has 1 aliphatic heterocycles. The van der Waals surface area contributed by atoms with Crippen LogP contribution in [-0.4, -0.2) is 33.1 Å². The van der Waals surface area contributed by atoms with Gasteiger partial charge in [0.15, 0.2) is 0 Å². The van der Waals surface area contributed by atoms with Crippen LogP contribution in [0.3, 0.4) is 0 Å². The number of nitrogens with zero attached hydrogens (tertiary/aromatic N) is 1. The van der Waals surface area contributed by atoms with Gasteiger partial charge in [-0.15, -0.1) is 0 Å². The first-order valence-electron chi connectivity index (χ1n) is 7.25. The molecule has 2 aromatic rings. The number of benzene rings is 2. The molecule has 21 heavy (non-hydrogen) atoms. The zero-order chi connectivity index (χ0) is 14.5. The average Bonchev–Trinajstić information content (AvgIpc) is 2.84. The minimum Gasteiger partial charge on any atom is -0.237 e. The summed E-state index contributed by atoms with van der Waals surface area (Å²) >= 11 is 1.96. The molecule has 3 rings (SSSR count). The Morgan fingerprint density at radius 1 is 0.857 bits per heavy atom. The highest BCUT2D eigenvalue weighted by Gasteiger charge is 2.17. The molecule has 1 unspecified atom stereocenters. The van der Waals surface area contributed by atoms with E-state index in [2.05, 4.69) is 28.6 Å². The molecule has 0 amide bonds. The molecule has 0 aliphatic carbocycles. The molecule has 0 saturated carbocycles. The molecule has 0 aromatic heterocycles. The van der Waals surface area contributed by atoms with E-state index < -0.39 is 11.0 Å². The van der Waals surface area contributed by atoms with Gasteiger partial charge in [0.1, 0.15) is 11.0 Å². The van der Waals surface area contributed by atoms with Crippen LogP contribution in [0.15, 0.2) is 59.5 Å². The molecule has 4 heteroatoms. The summed E-state index contributed by atoms with van der Waals surface area (Å²) in [7, 11) is -1.03. The van der Waals surface area contributed by atoms with Crippen molar-refractivity contribution < 1.29 is 4.21 Å². The summed E-state index contributed by atoms with van der Waals surface area (Å²) in [5, 5.41) is 0. The van der Waals surface area contributed by atoms with E-state index in [9.17, 15) is 4.21 Å². The molecule has 1 aliphatic rings. The fourth-order valence-electron chi connectivity index (χ4n) is 2.43. The monoisotopic (exact) mass is 317 g/mol. The third-order valence-electron chi connectivity index (χ3n) is 3.58. The minimum absolute atomic E-state index is 0.904. The van der Waals surface area contributed by atoms with Gasteiger partial charge in [0.25, 0.3) is 0 Å². The summed E-state index contributed by atoms with van der Waals surface area (Å²) in [6.45, 7) is 1.85.